The van der Waals surface area contributed by atoms with Crippen molar-refractivity contribution in [2.45, 2.75) is 26.2 Å². The van der Waals surface area contributed by atoms with Crippen molar-refractivity contribution in [1.29, 1.82) is 0 Å². The van der Waals surface area contributed by atoms with Gasteiger partial charge >= 0.3 is 0 Å². The monoisotopic (exact) mass is 287 g/mol. The summed E-state index contributed by atoms with van der Waals surface area (Å²) in [5, 5.41) is 0. The SMILES string of the molecule is CCOc1ccc(-c2cnc(C(C)(C)CN(C)C)[nH]2)cc1. The number of benzene rings is 1. The van der Waals surface area contributed by atoms with Crippen LogP contribution in [-0.2, 0) is 5.41 Å². The molecule has 114 valence electrons. The minimum atomic E-state index is -0.00693. The molecule has 1 aromatic heterocycles. The van der Waals surface area contributed by atoms with Gasteiger partial charge in [0.2, 0.25) is 0 Å². The minimum Gasteiger partial charge on any atom is -0.494 e. The lowest BCUT2D eigenvalue weighted by molar-refractivity contribution is 0.306. The maximum atomic E-state index is 5.47. The molecule has 0 aliphatic heterocycles. The molecule has 0 aliphatic carbocycles. The first kappa shape index (κ1) is 15.6. The normalized spacial score (nSPS) is 11.9. The van der Waals surface area contributed by atoms with Gasteiger partial charge in [-0.05, 0) is 50.8 Å². The molecule has 0 fully saturated rings. The summed E-state index contributed by atoms with van der Waals surface area (Å²) in [7, 11) is 4.16. The van der Waals surface area contributed by atoms with E-state index in [1.165, 1.54) is 0 Å². The molecule has 2 rings (SSSR count). The van der Waals surface area contributed by atoms with Gasteiger partial charge in [-0.25, -0.2) is 4.98 Å². The van der Waals surface area contributed by atoms with E-state index >= 15 is 0 Å². The highest BCUT2D eigenvalue weighted by Gasteiger charge is 2.25. The molecule has 0 unspecified atom stereocenters. The summed E-state index contributed by atoms with van der Waals surface area (Å²) in [5.74, 6) is 1.91. The first-order valence-corrected chi connectivity index (χ1v) is 7.36. The Bertz CT molecular complexity index is 570. The van der Waals surface area contributed by atoms with E-state index in [4.69, 9.17) is 4.74 Å². The number of likely N-dealkylation sites (N-methyl/N-ethyl adjacent to an activating group) is 1. The molecule has 4 nitrogen and oxygen atoms in total. The lowest BCUT2D eigenvalue weighted by atomic mass is 9.92. The molecular formula is C17H25N3O. The zero-order valence-electron chi connectivity index (χ0n) is 13.6. The van der Waals surface area contributed by atoms with Crippen LogP contribution in [0.5, 0.6) is 5.75 Å². The summed E-state index contributed by atoms with van der Waals surface area (Å²) in [6.45, 7) is 8.03. The summed E-state index contributed by atoms with van der Waals surface area (Å²) in [5.41, 5.74) is 2.16. The van der Waals surface area contributed by atoms with Crippen molar-refractivity contribution in [1.82, 2.24) is 14.9 Å². The maximum Gasteiger partial charge on any atom is 0.119 e. The number of nitrogens with one attached hydrogen (secondary N) is 1. The lowest BCUT2D eigenvalue weighted by Gasteiger charge is -2.26. The molecule has 0 saturated heterocycles. The fourth-order valence-electron chi connectivity index (χ4n) is 2.57. The third kappa shape index (κ3) is 3.85. The highest BCUT2D eigenvalue weighted by molar-refractivity contribution is 5.59. The zero-order chi connectivity index (χ0) is 15.5. The molecule has 1 aromatic carbocycles. The van der Waals surface area contributed by atoms with Crippen molar-refractivity contribution in [3.8, 4) is 17.0 Å². The van der Waals surface area contributed by atoms with E-state index in [0.717, 1.165) is 29.4 Å². The van der Waals surface area contributed by atoms with Crippen LogP contribution >= 0.6 is 0 Å². The summed E-state index contributed by atoms with van der Waals surface area (Å²) >= 11 is 0. The molecule has 0 bridgehead atoms. The van der Waals surface area contributed by atoms with Crippen LogP contribution in [0.15, 0.2) is 30.5 Å². The number of aromatic nitrogens is 2. The fraction of sp³-hybridized carbons (Fsp3) is 0.471. The molecule has 1 N–H and O–H groups in total. The number of ether oxygens (including phenoxy) is 1. The van der Waals surface area contributed by atoms with E-state index in [0.29, 0.717) is 6.61 Å². The molecule has 0 amide bonds. The smallest absolute Gasteiger partial charge is 0.119 e. The van der Waals surface area contributed by atoms with Crippen LogP contribution in [-0.4, -0.2) is 42.1 Å². The molecule has 0 radical (unpaired) electrons. The Hall–Kier alpha value is -1.81. The molecule has 21 heavy (non-hydrogen) atoms. The van der Waals surface area contributed by atoms with Gasteiger partial charge in [0.1, 0.15) is 11.6 Å². The molecule has 1 heterocycles. The van der Waals surface area contributed by atoms with Crippen molar-refractivity contribution < 1.29 is 4.74 Å². The second-order valence-corrected chi connectivity index (χ2v) is 6.22. The summed E-state index contributed by atoms with van der Waals surface area (Å²) in [4.78, 5) is 10.2. The average molecular weight is 287 g/mol. The summed E-state index contributed by atoms with van der Waals surface area (Å²) in [6.07, 6.45) is 1.91. The number of rotatable bonds is 6. The van der Waals surface area contributed by atoms with Crippen molar-refractivity contribution in [3.05, 3.63) is 36.3 Å². The Morgan fingerprint density at radius 3 is 2.43 bits per heavy atom. The van der Waals surface area contributed by atoms with Gasteiger partial charge in [-0.1, -0.05) is 13.8 Å². The molecule has 0 saturated carbocycles. The average Bonchev–Trinajstić information content (AvgIpc) is 2.89. The predicted octanol–water partition coefficient (Wildman–Crippen LogP) is 3.31. The van der Waals surface area contributed by atoms with Gasteiger partial charge < -0.3 is 14.6 Å². The summed E-state index contributed by atoms with van der Waals surface area (Å²) < 4.78 is 5.47. The molecule has 4 heteroatoms. The predicted molar refractivity (Wildman–Crippen MR) is 86.8 cm³/mol. The van der Waals surface area contributed by atoms with Crippen molar-refractivity contribution in [2.24, 2.45) is 0 Å². The third-order valence-electron chi connectivity index (χ3n) is 3.40. The Kier molecular flexibility index (Phi) is 4.68. The van der Waals surface area contributed by atoms with Crippen LogP contribution in [0.25, 0.3) is 11.3 Å². The Morgan fingerprint density at radius 1 is 1.19 bits per heavy atom. The van der Waals surface area contributed by atoms with Gasteiger partial charge in [0.15, 0.2) is 0 Å². The maximum absolute atomic E-state index is 5.47. The van der Waals surface area contributed by atoms with Crippen LogP contribution in [0.4, 0.5) is 0 Å². The number of hydrogen-bond donors (Lipinski definition) is 1. The number of hydrogen-bond acceptors (Lipinski definition) is 3. The topological polar surface area (TPSA) is 41.1 Å². The number of aromatic amines is 1. The first-order valence-electron chi connectivity index (χ1n) is 7.36. The van der Waals surface area contributed by atoms with E-state index in [-0.39, 0.29) is 5.41 Å². The quantitative estimate of drug-likeness (QED) is 0.886. The number of H-pyrrole nitrogens is 1. The molecular weight excluding hydrogens is 262 g/mol. The second-order valence-electron chi connectivity index (χ2n) is 6.22. The van der Waals surface area contributed by atoms with E-state index in [1.807, 2.05) is 25.3 Å². The minimum absolute atomic E-state index is 0.00693. The van der Waals surface area contributed by atoms with E-state index in [2.05, 4.69) is 54.9 Å². The van der Waals surface area contributed by atoms with Crippen LogP contribution in [0, 0.1) is 0 Å². The van der Waals surface area contributed by atoms with E-state index in [9.17, 15) is 0 Å². The lowest BCUT2D eigenvalue weighted by Crippen LogP contribution is -2.33. The van der Waals surface area contributed by atoms with Crippen LogP contribution in [0.3, 0.4) is 0 Å². The third-order valence-corrected chi connectivity index (χ3v) is 3.40. The highest BCUT2D eigenvalue weighted by atomic mass is 16.5. The molecule has 0 atom stereocenters. The first-order chi connectivity index (χ1) is 9.92. The van der Waals surface area contributed by atoms with Gasteiger partial charge in [0, 0.05) is 12.0 Å². The number of imidazole rings is 1. The summed E-state index contributed by atoms with van der Waals surface area (Å²) in [6, 6.07) is 8.09. The Balaban J connectivity index is 2.19. The Labute approximate surface area is 127 Å². The largest absolute Gasteiger partial charge is 0.494 e. The van der Waals surface area contributed by atoms with Gasteiger partial charge in [-0.2, -0.15) is 0 Å². The van der Waals surface area contributed by atoms with Crippen molar-refractivity contribution in [3.63, 3.8) is 0 Å². The van der Waals surface area contributed by atoms with Crippen molar-refractivity contribution >= 4 is 0 Å². The molecule has 0 spiro atoms. The van der Waals surface area contributed by atoms with Gasteiger partial charge in [0.25, 0.3) is 0 Å². The molecule has 0 aliphatic rings. The van der Waals surface area contributed by atoms with Gasteiger partial charge in [0.05, 0.1) is 18.5 Å². The van der Waals surface area contributed by atoms with Crippen LogP contribution in [0.1, 0.15) is 26.6 Å². The van der Waals surface area contributed by atoms with Crippen LogP contribution in [0.2, 0.25) is 0 Å². The highest BCUT2D eigenvalue weighted by Crippen LogP contribution is 2.26. The second kappa shape index (κ2) is 6.31. The standard InChI is InChI=1S/C17H25N3O/c1-6-21-14-9-7-13(8-10-14)15-11-18-16(19-15)17(2,3)12-20(4)5/h7-11H,6,12H2,1-5H3,(H,18,19). The van der Waals surface area contributed by atoms with Crippen LogP contribution < -0.4 is 4.74 Å². The van der Waals surface area contributed by atoms with E-state index < -0.39 is 0 Å². The molecule has 2 aromatic rings. The van der Waals surface area contributed by atoms with E-state index in [1.54, 1.807) is 0 Å². The van der Waals surface area contributed by atoms with Gasteiger partial charge in [-0.15, -0.1) is 0 Å². The van der Waals surface area contributed by atoms with Crippen molar-refractivity contribution in [2.75, 3.05) is 27.2 Å². The Morgan fingerprint density at radius 2 is 1.86 bits per heavy atom. The number of nitrogens with zero attached hydrogens (tertiary/aromatic N) is 2. The van der Waals surface area contributed by atoms with Gasteiger partial charge in [-0.3, -0.25) is 0 Å². The fourth-order valence-corrected chi connectivity index (χ4v) is 2.57. The zero-order valence-corrected chi connectivity index (χ0v) is 13.6.